The number of hydrogen-bond acceptors (Lipinski definition) is 5. The maximum absolute atomic E-state index is 5.09. The fourth-order valence-electron chi connectivity index (χ4n) is 2.12. The first-order chi connectivity index (χ1) is 7.81. The Morgan fingerprint density at radius 2 is 2.56 bits per heavy atom. The second-order valence-corrected chi connectivity index (χ2v) is 5.09. The predicted molar refractivity (Wildman–Crippen MR) is 66.0 cm³/mol. The minimum absolute atomic E-state index is 0.642. The summed E-state index contributed by atoms with van der Waals surface area (Å²) in [5.41, 5.74) is 0. The molecule has 0 aromatic carbocycles. The zero-order valence-electron chi connectivity index (χ0n) is 9.90. The smallest absolute Gasteiger partial charge is 0.225 e. The summed E-state index contributed by atoms with van der Waals surface area (Å²) in [6, 6.07) is 2.68. The maximum atomic E-state index is 5.09. The second kappa shape index (κ2) is 5.61. The maximum Gasteiger partial charge on any atom is 0.225 e. The van der Waals surface area contributed by atoms with Gasteiger partial charge in [0.2, 0.25) is 5.88 Å². The van der Waals surface area contributed by atoms with Crippen LogP contribution >= 0.6 is 11.5 Å². The van der Waals surface area contributed by atoms with Crippen molar-refractivity contribution in [1.82, 2.24) is 14.6 Å². The van der Waals surface area contributed by atoms with Crippen LogP contribution in [0.15, 0.2) is 6.07 Å². The summed E-state index contributed by atoms with van der Waals surface area (Å²) in [7, 11) is 3.71. The van der Waals surface area contributed by atoms with E-state index in [1.165, 1.54) is 35.8 Å². The van der Waals surface area contributed by atoms with Crippen LogP contribution in [0.3, 0.4) is 0 Å². The van der Waals surface area contributed by atoms with E-state index in [1.54, 1.807) is 7.11 Å². The summed E-state index contributed by atoms with van der Waals surface area (Å²) in [4.78, 5) is 3.77. The number of ether oxygens (including phenoxy) is 1. The van der Waals surface area contributed by atoms with Crippen LogP contribution in [0.25, 0.3) is 0 Å². The van der Waals surface area contributed by atoms with Crippen LogP contribution in [-0.4, -0.2) is 42.6 Å². The van der Waals surface area contributed by atoms with E-state index in [1.807, 2.05) is 13.1 Å². The topological polar surface area (TPSA) is 37.4 Å². The van der Waals surface area contributed by atoms with E-state index in [0.29, 0.717) is 6.04 Å². The third-order valence-electron chi connectivity index (χ3n) is 3.04. The zero-order chi connectivity index (χ0) is 11.4. The van der Waals surface area contributed by atoms with Crippen LogP contribution in [0.1, 0.15) is 17.7 Å². The molecule has 0 radical (unpaired) electrons. The Labute approximate surface area is 101 Å². The van der Waals surface area contributed by atoms with Crippen molar-refractivity contribution in [3.63, 3.8) is 0 Å². The lowest BCUT2D eigenvalue weighted by molar-refractivity contribution is 0.189. The van der Waals surface area contributed by atoms with E-state index < -0.39 is 0 Å². The highest BCUT2D eigenvalue weighted by Crippen LogP contribution is 2.20. The van der Waals surface area contributed by atoms with Gasteiger partial charge in [-0.2, -0.15) is 4.37 Å². The third-order valence-corrected chi connectivity index (χ3v) is 3.79. The Morgan fingerprint density at radius 1 is 1.69 bits per heavy atom. The average molecular weight is 241 g/mol. The lowest BCUT2D eigenvalue weighted by Crippen LogP contribution is -2.43. The van der Waals surface area contributed by atoms with E-state index in [-0.39, 0.29) is 0 Å². The minimum atomic E-state index is 0.642. The van der Waals surface area contributed by atoms with Crippen LogP contribution in [0, 0.1) is 0 Å². The predicted octanol–water partition coefficient (Wildman–Crippen LogP) is 1.34. The monoisotopic (exact) mass is 241 g/mol. The number of aromatic nitrogens is 1. The molecule has 0 bridgehead atoms. The molecule has 90 valence electrons. The molecule has 1 unspecified atom stereocenters. The van der Waals surface area contributed by atoms with Crippen molar-refractivity contribution in [2.75, 3.05) is 27.2 Å². The molecule has 1 aliphatic heterocycles. The summed E-state index contributed by atoms with van der Waals surface area (Å²) in [6.07, 6.45) is 2.57. The lowest BCUT2D eigenvalue weighted by atomic mass is 10.1. The average Bonchev–Trinajstić information content (AvgIpc) is 2.77. The number of likely N-dealkylation sites (tertiary alicyclic amines) is 1. The number of rotatable bonds is 4. The minimum Gasteiger partial charge on any atom is -0.480 e. The van der Waals surface area contributed by atoms with Crippen molar-refractivity contribution < 1.29 is 4.74 Å². The summed E-state index contributed by atoms with van der Waals surface area (Å²) in [5.74, 6) is 0.738. The van der Waals surface area contributed by atoms with Gasteiger partial charge in [-0.1, -0.05) is 0 Å². The van der Waals surface area contributed by atoms with Gasteiger partial charge < -0.3 is 10.1 Å². The van der Waals surface area contributed by atoms with Crippen molar-refractivity contribution in [2.45, 2.75) is 25.4 Å². The Kier molecular flexibility index (Phi) is 4.15. The van der Waals surface area contributed by atoms with Crippen molar-refractivity contribution in [3.05, 3.63) is 10.9 Å². The van der Waals surface area contributed by atoms with Gasteiger partial charge in [0.15, 0.2) is 0 Å². The summed E-state index contributed by atoms with van der Waals surface area (Å²) in [6.45, 7) is 3.33. The molecule has 0 saturated carbocycles. The molecule has 0 amide bonds. The van der Waals surface area contributed by atoms with Gasteiger partial charge in [0.25, 0.3) is 0 Å². The standard InChI is InChI=1S/C11H19N3OS/c1-12-9-4-3-5-14(7-9)8-10-6-11(15-2)13-16-10/h6,9,12H,3-5,7-8H2,1-2H3. The van der Waals surface area contributed by atoms with Gasteiger partial charge >= 0.3 is 0 Å². The number of nitrogens with one attached hydrogen (secondary N) is 1. The van der Waals surface area contributed by atoms with Crippen molar-refractivity contribution in [1.29, 1.82) is 0 Å². The van der Waals surface area contributed by atoms with Crippen molar-refractivity contribution >= 4 is 11.5 Å². The number of likely N-dealkylation sites (N-methyl/N-ethyl adjacent to an activating group) is 1. The van der Waals surface area contributed by atoms with E-state index in [0.717, 1.165) is 19.0 Å². The van der Waals surface area contributed by atoms with Crippen LogP contribution in [0.4, 0.5) is 0 Å². The summed E-state index contributed by atoms with van der Waals surface area (Å²) in [5, 5.41) is 3.36. The molecule has 1 fully saturated rings. The van der Waals surface area contributed by atoms with Gasteiger partial charge in [-0.05, 0) is 38.0 Å². The van der Waals surface area contributed by atoms with E-state index >= 15 is 0 Å². The van der Waals surface area contributed by atoms with E-state index in [4.69, 9.17) is 4.74 Å². The van der Waals surface area contributed by atoms with Crippen molar-refractivity contribution in [2.24, 2.45) is 0 Å². The molecular formula is C11H19N3OS. The van der Waals surface area contributed by atoms with Crippen LogP contribution in [0.5, 0.6) is 5.88 Å². The van der Waals surface area contributed by atoms with Gasteiger partial charge in [0.1, 0.15) is 0 Å². The van der Waals surface area contributed by atoms with E-state index in [9.17, 15) is 0 Å². The molecule has 2 heterocycles. The van der Waals surface area contributed by atoms with Crippen LogP contribution in [-0.2, 0) is 6.54 Å². The fraction of sp³-hybridized carbons (Fsp3) is 0.727. The third kappa shape index (κ3) is 2.93. The largest absolute Gasteiger partial charge is 0.480 e. The fourth-order valence-corrected chi connectivity index (χ4v) is 2.85. The number of piperidine rings is 1. The first-order valence-corrected chi connectivity index (χ1v) is 6.48. The highest BCUT2D eigenvalue weighted by atomic mass is 32.1. The Morgan fingerprint density at radius 3 is 3.25 bits per heavy atom. The van der Waals surface area contributed by atoms with Gasteiger partial charge in [0, 0.05) is 30.1 Å². The number of methoxy groups -OCH3 is 1. The van der Waals surface area contributed by atoms with Gasteiger partial charge in [-0.15, -0.1) is 0 Å². The SMILES string of the molecule is CNC1CCCN(Cc2cc(OC)ns2)C1. The molecule has 4 nitrogen and oxygen atoms in total. The molecular weight excluding hydrogens is 222 g/mol. The Balaban J connectivity index is 1.88. The highest BCUT2D eigenvalue weighted by Gasteiger charge is 2.19. The molecule has 1 N–H and O–H groups in total. The summed E-state index contributed by atoms with van der Waals surface area (Å²) < 4.78 is 9.31. The van der Waals surface area contributed by atoms with Crippen molar-refractivity contribution in [3.8, 4) is 5.88 Å². The van der Waals surface area contributed by atoms with Gasteiger partial charge in [-0.25, -0.2) is 0 Å². The van der Waals surface area contributed by atoms with Crippen LogP contribution < -0.4 is 10.1 Å². The molecule has 5 heteroatoms. The normalized spacial score (nSPS) is 22.2. The van der Waals surface area contributed by atoms with E-state index in [2.05, 4.69) is 14.6 Å². The Hall–Kier alpha value is -0.650. The molecule has 16 heavy (non-hydrogen) atoms. The Bertz CT molecular complexity index is 329. The molecule has 1 aromatic heterocycles. The molecule has 1 saturated heterocycles. The zero-order valence-corrected chi connectivity index (χ0v) is 10.7. The van der Waals surface area contributed by atoms with Gasteiger partial charge in [-0.3, -0.25) is 4.90 Å². The molecule has 2 rings (SSSR count). The number of hydrogen-bond donors (Lipinski definition) is 1. The number of nitrogens with zero attached hydrogens (tertiary/aromatic N) is 2. The molecule has 1 aromatic rings. The molecule has 0 spiro atoms. The lowest BCUT2D eigenvalue weighted by Gasteiger charge is -2.31. The highest BCUT2D eigenvalue weighted by molar-refractivity contribution is 7.05. The van der Waals surface area contributed by atoms with Crippen LogP contribution in [0.2, 0.25) is 0 Å². The first kappa shape index (κ1) is 11.8. The quantitative estimate of drug-likeness (QED) is 0.863. The second-order valence-electron chi connectivity index (χ2n) is 4.20. The molecule has 0 aliphatic carbocycles. The molecule has 1 atom stereocenters. The molecule has 1 aliphatic rings. The first-order valence-electron chi connectivity index (χ1n) is 5.71. The summed E-state index contributed by atoms with van der Waals surface area (Å²) >= 11 is 1.54. The van der Waals surface area contributed by atoms with Gasteiger partial charge in [0.05, 0.1) is 7.11 Å².